The third kappa shape index (κ3) is 3.71. The maximum atomic E-state index is 11.0. The summed E-state index contributed by atoms with van der Waals surface area (Å²) in [7, 11) is 0. The number of hydrogen-bond acceptors (Lipinski definition) is 2. The van der Waals surface area contributed by atoms with Gasteiger partial charge in [-0.25, -0.2) is 4.79 Å². The summed E-state index contributed by atoms with van der Waals surface area (Å²) in [4.78, 5) is 10.8. The van der Waals surface area contributed by atoms with Crippen LogP contribution in [-0.4, -0.2) is 16.2 Å². The Morgan fingerprint density at radius 3 is 2.32 bits per heavy atom. The van der Waals surface area contributed by atoms with Gasteiger partial charge >= 0.3 is 5.97 Å². The summed E-state index contributed by atoms with van der Waals surface area (Å²) < 4.78 is 0. The first-order chi connectivity index (χ1) is 14.8. The predicted molar refractivity (Wildman–Crippen MR) is 126 cm³/mol. The molecule has 2 fully saturated rings. The monoisotopic (exact) mass is 414 g/mol. The van der Waals surface area contributed by atoms with E-state index in [4.69, 9.17) is 5.11 Å². The fourth-order valence-electron chi connectivity index (χ4n) is 6.68. The Morgan fingerprint density at radius 2 is 1.65 bits per heavy atom. The van der Waals surface area contributed by atoms with Gasteiger partial charge in [-0.2, -0.15) is 0 Å². The quantitative estimate of drug-likeness (QED) is 0.362. The van der Waals surface area contributed by atoms with Gasteiger partial charge in [0.2, 0.25) is 0 Å². The summed E-state index contributed by atoms with van der Waals surface area (Å²) in [6.07, 6.45) is 9.08. The number of phenols is 1. The molecule has 0 heterocycles. The average molecular weight is 415 g/mol. The molecule has 2 bridgehead atoms. The number of carbonyl (C=O) groups is 1. The second kappa shape index (κ2) is 7.40. The van der Waals surface area contributed by atoms with Crippen molar-refractivity contribution >= 4 is 33.6 Å². The summed E-state index contributed by atoms with van der Waals surface area (Å²) in [5.41, 5.74) is 1.97. The number of benzene rings is 3. The Labute approximate surface area is 183 Å². The molecule has 31 heavy (non-hydrogen) atoms. The molecule has 0 radical (unpaired) electrons. The van der Waals surface area contributed by atoms with Crippen LogP contribution in [0.4, 0.5) is 0 Å². The highest BCUT2D eigenvalue weighted by molar-refractivity contribution is 6.08. The second-order valence-corrected chi connectivity index (χ2v) is 10.3. The number of carboxylic acid groups (broad SMARTS) is 1. The fraction of sp³-hybridized carbons (Fsp3) is 0.393. The van der Waals surface area contributed by atoms with Crippen molar-refractivity contribution in [1.82, 2.24) is 0 Å². The van der Waals surface area contributed by atoms with E-state index >= 15 is 0 Å². The van der Waals surface area contributed by atoms with E-state index in [-0.39, 0.29) is 5.41 Å². The van der Waals surface area contributed by atoms with Gasteiger partial charge in [-0.05, 0) is 107 Å². The Kier molecular flexibility index (Phi) is 4.80. The van der Waals surface area contributed by atoms with Gasteiger partial charge in [-0.3, -0.25) is 0 Å². The van der Waals surface area contributed by atoms with E-state index in [9.17, 15) is 9.90 Å². The molecular weight excluding hydrogens is 384 g/mol. The number of carboxylic acids is 1. The second-order valence-electron chi connectivity index (χ2n) is 10.3. The van der Waals surface area contributed by atoms with Crippen molar-refractivity contribution in [3.8, 4) is 5.75 Å². The first-order valence-electron chi connectivity index (χ1n) is 11.4. The predicted octanol–water partition coefficient (Wildman–Crippen LogP) is 6.90. The van der Waals surface area contributed by atoms with Crippen molar-refractivity contribution in [1.29, 1.82) is 0 Å². The van der Waals surface area contributed by atoms with Crippen molar-refractivity contribution in [2.45, 2.75) is 51.4 Å². The van der Waals surface area contributed by atoms with E-state index in [1.54, 1.807) is 6.08 Å². The lowest BCUT2D eigenvalue weighted by atomic mass is 9.57. The van der Waals surface area contributed by atoms with Crippen LogP contribution in [0.5, 0.6) is 5.75 Å². The Hall–Kier alpha value is -2.81. The number of fused-ring (bicyclic) bond motifs is 5. The molecule has 3 nitrogen and oxygen atoms in total. The topological polar surface area (TPSA) is 57.5 Å². The molecule has 0 aliphatic heterocycles. The van der Waals surface area contributed by atoms with Crippen LogP contribution in [-0.2, 0) is 10.2 Å². The van der Waals surface area contributed by atoms with E-state index in [2.05, 4.69) is 26.0 Å². The fourth-order valence-corrected chi connectivity index (χ4v) is 6.68. The largest absolute Gasteiger partial charge is 0.508 e. The van der Waals surface area contributed by atoms with Gasteiger partial charge < -0.3 is 10.2 Å². The van der Waals surface area contributed by atoms with Gasteiger partial charge in [0.1, 0.15) is 5.75 Å². The first-order valence-corrected chi connectivity index (χ1v) is 11.4. The van der Waals surface area contributed by atoms with Gasteiger partial charge in [0.15, 0.2) is 0 Å². The third-order valence-electron chi connectivity index (χ3n) is 7.66. The van der Waals surface area contributed by atoms with Gasteiger partial charge in [-0.1, -0.05) is 38.1 Å². The molecule has 3 aromatic carbocycles. The zero-order valence-electron chi connectivity index (χ0n) is 18.3. The lowest BCUT2D eigenvalue weighted by molar-refractivity contribution is -0.131. The van der Waals surface area contributed by atoms with E-state index in [0.717, 1.165) is 63.3 Å². The third-order valence-corrected chi connectivity index (χ3v) is 7.66. The molecule has 2 aliphatic carbocycles. The molecule has 0 saturated heterocycles. The normalized spacial score (nSPS) is 28.4. The van der Waals surface area contributed by atoms with Gasteiger partial charge in [0.05, 0.1) is 0 Å². The number of aromatic hydroxyl groups is 1. The maximum absolute atomic E-state index is 11.0. The minimum absolute atomic E-state index is 0.0122. The molecule has 5 rings (SSSR count). The van der Waals surface area contributed by atoms with Crippen LogP contribution >= 0.6 is 0 Å². The van der Waals surface area contributed by atoms with Crippen molar-refractivity contribution in [3.05, 3.63) is 59.7 Å². The molecule has 0 aromatic heterocycles. The number of hydrogen-bond donors (Lipinski definition) is 2. The molecule has 2 aliphatic rings. The summed E-state index contributed by atoms with van der Waals surface area (Å²) in [5.74, 6) is 1.83. The van der Waals surface area contributed by atoms with Crippen LogP contribution in [0.1, 0.15) is 57.1 Å². The molecule has 2 unspecified atom stereocenters. The van der Waals surface area contributed by atoms with E-state index in [0.29, 0.717) is 5.75 Å². The van der Waals surface area contributed by atoms with Crippen LogP contribution in [0.2, 0.25) is 0 Å². The zero-order chi connectivity index (χ0) is 21.8. The standard InChI is InChI=1S/C28H30O3/c1-17-9-19-11-20(10-17)16-28(2,15-19)25-14-24-22(13-26(25)29)6-5-21-12-18(3-7-23(21)24)4-8-27(30)31/h3-8,12-14,17,19-20,29H,9-11,15-16H2,1-2H3,(H,30,31)/b8-4+. The van der Waals surface area contributed by atoms with Crippen LogP contribution in [0, 0.1) is 17.8 Å². The number of rotatable bonds is 3. The minimum Gasteiger partial charge on any atom is -0.508 e. The van der Waals surface area contributed by atoms with Crippen molar-refractivity contribution < 1.29 is 15.0 Å². The lowest BCUT2D eigenvalue weighted by Gasteiger charge is -2.47. The summed E-state index contributed by atoms with van der Waals surface area (Å²) in [6, 6.07) is 14.3. The van der Waals surface area contributed by atoms with Gasteiger partial charge in [0.25, 0.3) is 0 Å². The Morgan fingerprint density at radius 1 is 0.968 bits per heavy atom. The van der Waals surface area contributed by atoms with Crippen LogP contribution < -0.4 is 0 Å². The molecule has 3 heteroatoms. The molecule has 160 valence electrons. The number of phenolic OH excluding ortho intramolecular Hbond substituents is 1. The van der Waals surface area contributed by atoms with Crippen LogP contribution in [0.15, 0.2) is 48.5 Å². The molecular formula is C28H30O3. The highest BCUT2D eigenvalue weighted by Gasteiger charge is 2.42. The van der Waals surface area contributed by atoms with Crippen LogP contribution in [0.3, 0.4) is 0 Å². The molecule has 0 amide bonds. The molecule has 2 atom stereocenters. The number of aliphatic carboxylic acids is 1. The molecule has 2 N–H and O–H groups in total. The highest BCUT2D eigenvalue weighted by Crippen LogP contribution is 2.53. The molecule has 0 spiro atoms. The highest BCUT2D eigenvalue weighted by atomic mass is 16.4. The summed E-state index contributed by atoms with van der Waals surface area (Å²) in [5, 5.41) is 24.3. The van der Waals surface area contributed by atoms with Gasteiger partial charge in [0, 0.05) is 11.6 Å². The zero-order valence-corrected chi connectivity index (χ0v) is 18.3. The Balaban J connectivity index is 1.60. The van der Waals surface area contributed by atoms with E-state index in [1.807, 2.05) is 30.3 Å². The molecule has 2 saturated carbocycles. The van der Waals surface area contributed by atoms with Crippen LogP contribution in [0.25, 0.3) is 27.6 Å². The van der Waals surface area contributed by atoms with E-state index in [1.165, 1.54) is 25.3 Å². The SMILES string of the molecule is CC1CC2CC(C1)CC(C)(c1cc3c(ccc4cc(/C=C/C(=O)O)ccc43)cc1O)C2. The first kappa shape index (κ1) is 20.1. The smallest absolute Gasteiger partial charge is 0.328 e. The van der Waals surface area contributed by atoms with E-state index < -0.39 is 5.97 Å². The summed E-state index contributed by atoms with van der Waals surface area (Å²) in [6.45, 7) is 4.74. The maximum Gasteiger partial charge on any atom is 0.328 e. The van der Waals surface area contributed by atoms with Gasteiger partial charge in [-0.15, -0.1) is 0 Å². The van der Waals surface area contributed by atoms with Crippen molar-refractivity contribution in [2.24, 2.45) is 17.8 Å². The van der Waals surface area contributed by atoms with Crippen molar-refractivity contribution in [3.63, 3.8) is 0 Å². The molecule has 3 aromatic rings. The Bertz CT molecular complexity index is 1190. The van der Waals surface area contributed by atoms with Crippen molar-refractivity contribution in [2.75, 3.05) is 0 Å². The lowest BCUT2D eigenvalue weighted by Crippen LogP contribution is -2.38. The minimum atomic E-state index is -0.946. The summed E-state index contributed by atoms with van der Waals surface area (Å²) >= 11 is 0. The average Bonchev–Trinajstić information content (AvgIpc) is 2.70.